The van der Waals surface area contributed by atoms with Crippen LogP contribution in [0.15, 0.2) is 42.5 Å². The van der Waals surface area contributed by atoms with Gasteiger partial charge in [-0.3, -0.25) is 9.78 Å². The number of amides is 1. The van der Waals surface area contributed by atoms with Crippen molar-refractivity contribution < 1.29 is 22.7 Å². The maximum atomic E-state index is 12.2. The molecule has 1 aromatic heterocycles. The third-order valence-electron chi connectivity index (χ3n) is 2.69. The number of carbonyl (C=O) groups excluding carboxylic acids is 1. The lowest BCUT2D eigenvalue weighted by Gasteiger charge is -2.10. The summed E-state index contributed by atoms with van der Waals surface area (Å²) in [5.41, 5.74) is 1.59. The molecule has 2 aromatic rings. The van der Waals surface area contributed by atoms with Crippen molar-refractivity contribution >= 4 is 5.91 Å². The molecular weight excluding hydrogens is 297 g/mol. The third-order valence-corrected chi connectivity index (χ3v) is 2.69. The molecule has 0 bridgehead atoms. The molecule has 0 spiro atoms. The highest BCUT2D eigenvalue weighted by Gasteiger charge is 2.31. The van der Waals surface area contributed by atoms with Gasteiger partial charge in [0.1, 0.15) is 5.75 Å². The average molecular weight is 310 g/mol. The van der Waals surface area contributed by atoms with Gasteiger partial charge in [-0.05, 0) is 24.3 Å². The zero-order valence-electron chi connectivity index (χ0n) is 11.6. The van der Waals surface area contributed by atoms with Crippen LogP contribution in [0.1, 0.15) is 12.6 Å². The van der Waals surface area contributed by atoms with Gasteiger partial charge in [0.05, 0.1) is 17.9 Å². The predicted octanol–water partition coefficient (Wildman–Crippen LogP) is 3.28. The molecule has 22 heavy (non-hydrogen) atoms. The molecule has 2 rings (SSSR count). The highest BCUT2D eigenvalue weighted by molar-refractivity contribution is 5.72. The van der Waals surface area contributed by atoms with E-state index in [1.165, 1.54) is 25.1 Å². The smallest absolute Gasteiger partial charge is 0.406 e. The van der Waals surface area contributed by atoms with Gasteiger partial charge in [0.25, 0.3) is 0 Å². The molecule has 0 saturated heterocycles. The molecule has 1 N–H and O–H groups in total. The van der Waals surface area contributed by atoms with Crippen LogP contribution in [-0.2, 0) is 11.3 Å². The van der Waals surface area contributed by atoms with E-state index in [1.54, 1.807) is 24.3 Å². The molecule has 0 fully saturated rings. The van der Waals surface area contributed by atoms with E-state index < -0.39 is 6.36 Å². The van der Waals surface area contributed by atoms with E-state index in [2.05, 4.69) is 15.0 Å². The van der Waals surface area contributed by atoms with Crippen molar-refractivity contribution in [2.75, 3.05) is 0 Å². The maximum absolute atomic E-state index is 12.2. The Morgan fingerprint density at radius 1 is 1.23 bits per heavy atom. The molecule has 4 nitrogen and oxygen atoms in total. The van der Waals surface area contributed by atoms with Crippen molar-refractivity contribution in [3.8, 4) is 17.0 Å². The SMILES string of the molecule is CC(=O)NCc1cccc(-c2cccc(OC(F)(F)F)c2)n1. The molecule has 0 radical (unpaired) electrons. The second-order valence-electron chi connectivity index (χ2n) is 4.50. The first-order chi connectivity index (χ1) is 10.3. The molecule has 0 unspecified atom stereocenters. The summed E-state index contributed by atoms with van der Waals surface area (Å²) in [4.78, 5) is 15.2. The average Bonchev–Trinajstić information content (AvgIpc) is 2.44. The molecule has 1 aromatic carbocycles. The van der Waals surface area contributed by atoms with Crippen molar-refractivity contribution in [3.05, 3.63) is 48.2 Å². The Labute approximate surface area is 124 Å². The second-order valence-corrected chi connectivity index (χ2v) is 4.50. The Bertz CT molecular complexity index is 672. The molecule has 1 amide bonds. The van der Waals surface area contributed by atoms with E-state index >= 15 is 0 Å². The summed E-state index contributed by atoms with van der Waals surface area (Å²) in [6, 6.07) is 10.7. The highest BCUT2D eigenvalue weighted by atomic mass is 19.4. The van der Waals surface area contributed by atoms with Gasteiger partial charge in [-0.2, -0.15) is 0 Å². The fourth-order valence-corrected chi connectivity index (χ4v) is 1.81. The number of ether oxygens (including phenoxy) is 1. The number of benzene rings is 1. The number of aromatic nitrogens is 1. The number of halogens is 3. The number of hydrogen-bond acceptors (Lipinski definition) is 3. The number of alkyl halides is 3. The van der Waals surface area contributed by atoms with E-state index in [0.29, 0.717) is 17.0 Å². The summed E-state index contributed by atoms with van der Waals surface area (Å²) in [6.45, 7) is 1.64. The molecular formula is C15H13F3N2O2. The Hall–Kier alpha value is -2.57. The molecule has 0 atom stereocenters. The van der Waals surface area contributed by atoms with Gasteiger partial charge in [0.15, 0.2) is 0 Å². The van der Waals surface area contributed by atoms with Gasteiger partial charge in [-0.1, -0.05) is 18.2 Å². The number of carbonyl (C=O) groups is 1. The lowest BCUT2D eigenvalue weighted by atomic mass is 10.1. The maximum Gasteiger partial charge on any atom is 0.573 e. The van der Waals surface area contributed by atoms with E-state index in [-0.39, 0.29) is 18.2 Å². The number of rotatable bonds is 4. The van der Waals surface area contributed by atoms with Crippen LogP contribution in [0, 0.1) is 0 Å². The van der Waals surface area contributed by atoms with Crippen LogP contribution in [0.5, 0.6) is 5.75 Å². The normalized spacial score (nSPS) is 11.1. The van der Waals surface area contributed by atoms with Crippen molar-refractivity contribution in [1.29, 1.82) is 0 Å². The Balaban J connectivity index is 2.22. The lowest BCUT2D eigenvalue weighted by molar-refractivity contribution is -0.274. The standard InChI is InChI=1S/C15H13F3N2O2/c1-10(21)19-9-12-5-3-7-14(20-12)11-4-2-6-13(8-11)22-15(16,17)18/h2-8H,9H2,1H3,(H,19,21). The molecule has 0 aliphatic carbocycles. The quantitative estimate of drug-likeness (QED) is 0.943. The first-order valence-electron chi connectivity index (χ1n) is 6.40. The molecule has 1 heterocycles. The number of pyridine rings is 1. The van der Waals surface area contributed by atoms with Crippen LogP contribution < -0.4 is 10.1 Å². The Kier molecular flexibility index (Phi) is 4.65. The zero-order chi connectivity index (χ0) is 16.2. The zero-order valence-corrected chi connectivity index (χ0v) is 11.6. The van der Waals surface area contributed by atoms with E-state index in [4.69, 9.17) is 0 Å². The van der Waals surface area contributed by atoms with Crippen molar-refractivity contribution in [2.45, 2.75) is 19.8 Å². The number of nitrogens with one attached hydrogen (secondary N) is 1. The van der Waals surface area contributed by atoms with Gasteiger partial charge in [0, 0.05) is 12.5 Å². The minimum atomic E-state index is -4.74. The second kappa shape index (κ2) is 6.46. The minimum absolute atomic E-state index is 0.187. The van der Waals surface area contributed by atoms with Crippen LogP contribution in [0.2, 0.25) is 0 Å². The van der Waals surface area contributed by atoms with Gasteiger partial charge < -0.3 is 10.1 Å². The molecule has 0 saturated carbocycles. The molecule has 0 aliphatic rings. The van der Waals surface area contributed by atoms with Gasteiger partial charge in [0.2, 0.25) is 5.91 Å². The number of nitrogens with zero attached hydrogens (tertiary/aromatic N) is 1. The predicted molar refractivity (Wildman–Crippen MR) is 73.9 cm³/mol. The van der Waals surface area contributed by atoms with Crippen molar-refractivity contribution in [2.24, 2.45) is 0 Å². The molecule has 7 heteroatoms. The summed E-state index contributed by atoms with van der Waals surface area (Å²) in [5.74, 6) is -0.494. The van der Waals surface area contributed by atoms with Gasteiger partial charge >= 0.3 is 6.36 Å². The van der Waals surface area contributed by atoms with Crippen molar-refractivity contribution in [1.82, 2.24) is 10.3 Å². The molecule has 116 valence electrons. The van der Waals surface area contributed by atoms with E-state index in [9.17, 15) is 18.0 Å². The van der Waals surface area contributed by atoms with Crippen LogP contribution in [0.4, 0.5) is 13.2 Å². The summed E-state index contributed by atoms with van der Waals surface area (Å²) in [6.07, 6.45) is -4.74. The number of hydrogen-bond donors (Lipinski definition) is 1. The van der Waals surface area contributed by atoms with Crippen LogP contribution in [0.25, 0.3) is 11.3 Å². The highest BCUT2D eigenvalue weighted by Crippen LogP contribution is 2.27. The monoisotopic (exact) mass is 310 g/mol. The summed E-state index contributed by atoms with van der Waals surface area (Å²) >= 11 is 0. The largest absolute Gasteiger partial charge is 0.573 e. The van der Waals surface area contributed by atoms with Crippen molar-refractivity contribution in [3.63, 3.8) is 0 Å². The Morgan fingerprint density at radius 2 is 1.95 bits per heavy atom. The fraction of sp³-hybridized carbons (Fsp3) is 0.200. The third kappa shape index (κ3) is 4.76. The Morgan fingerprint density at radius 3 is 2.64 bits per heavy atom. The summed E-state index contributed by atoms with van der Waals surface area (Å²) in [5, 5.41) is 2.61. The minimum Gasteiger partial charge on any atom is -0.406 e. The molecule has 0 aliphatic heterocycles. The lowest BCUT2D eigenvalue weighted by Crippen LogP contribution is -2.19. The summed E-state index contributed by atoms with van der Waals surface area (Å²) < 4.78 is 40.6. The summed E-state index contributed by atoms with van der Waals surface area (Å²) in [7, 11) is 0. The first kappa shape index (κ1) is 15.8. The van der Waals surface area contributed by atoms with Gasteiger partial charge in [-0.15, -0.1) is 13.2 Å². The van der Waals surface area contributed by atoms with Crippen LogP contribution >= 0.6 is 0 Å². The van der Waals surface area contributed by atoms with Gasteiger partial charge in [-0.25, -0.2) is 0 Å². The first-order valence-corrected chi connectivity index (χ1v) is 6.40. The fourth-order valence-electron chi connectivity index (χ4n) is 1.81. The van der Waals surface area contributed by atoms with Crippen LogP contribution in [-0.4, -0.2) is 17.3 Å². The van der Waals surface area contributed by atoms with E-state index in [0.717, 1.165) is 0 Å². The van der Waals surface area contributed by atoms with E-state index in [1.807, 2.05) is 0 Å². The van der Waals surface area contributed by atoms with Crippen LogP contribution in [0.3, 0.4) is 0 Å². The topological polar surface area (TPSA) is 51.2 Å².